The molecule has 0 aliphatic rings. The predicted molar refractivity (Wildman–Crippen MR) is 73.0 cm³/mol. The van der Waals surface area contributed by atoms with Crippen molar-refractivity contribution in [2.45, 2.75) is 17.6 Å². The first-order chi connectivity index (χ1) is 9.10. The van der Waals surface area contributed by atoms with Crippen LogP contribution in [0.5, 0.6) is 0 Å². The van der Waals surface area contributed by atoms with Crippen LogP contribution in [0.2, 0.25) is 0 Å². The van der Waals surface area contributed by atoms with E-state index in [0.29, 0.717) is 22.9 Å². The molecule has 19 heavy (non-hydrogen) atoms. The van der Waals surface area contributed by atoms with Gasteiger partial charge in [0.2, 0.25) is 0 Å². The molecule has 0 unspecified atom stereocenters. The summed E-state index contributed by atoms with van der Waals surface area (Å²) in [6.07, 6.45) is 1.71. The Kier molecular flexibility index (Phi) is 4.11. The van der Waals surface area contributed by atoms with Gasteiger partial charge < -0.3 is 14.9 Å². The minimum Gasteiger partial charge on any atom is -0.465 e. The summed E-state index contributed by atoms with van der Waals surface area (Å²) >= 11 is 1.56. The van der Waals surface area contributed by atoms with E-state index in [9.17, 15) is 4.79 Å². The van der Waals surface area contributed by atoms with Gasteiger partial charge in [0.1, 0.15) is 22.9 Å². The predicted octanol–water partition coefficient (Wildman–Crippen LogP) is 2.64. The molecule has 0 spiro atoms. The molecule has 0 saturated carbocycles. The zero-order valence-corrected chi connectivity index (χ0v) is 11.5. The maximum absolute atomic E-state index is 11.4. The van der Waals surface area contributed by atoms with Crippen molar-refractivity contribution in [3.63, 3.8) is 0 Å². The Labute approximate surface area is 115 Å². The molecule has 0 aliphatic carbocycles. The van der Waals surface area contributed by atoms with Gasteiger partial charge in [-0.1, -0.05) is 0 Å². The number of methoxy groups -OCH3 is 1. The van der Waals surface area contributed by atoms with E-state index >= 15 is 0 Å². The largest absolute Gasteiger partial charge is 0.465 e. The molecule has 100 valence electrons. The molecule has 2 N–H and O–H groups in total. The Hall–Kier alpha value is -1.95. The van der Waals surface area contributed by atoms with Crippen LogP contribution in [0.4, 0.5) is 5.82 Å². The van der Waals surface area contributed by atoms with E-state index in [1.165, 1.54) is 7.11 Å². The van der Waals surface area contributed by atoms with E-state index in [-0.39, 0.29) is 5.97 Å². The molecule has 0 aromatic carbocycles. The van der Waals surface area contributed by atoms with Crippen molar-refractivity contribution in [2.24, 2.45) is 0 Å². The van der Waals surface area contributed by atoms with Crippen molar-refractivity contribution in [1.82, 2.24) is 4.98 Å². The number of nitrogens with zero attached hydrogens (tertiary/aromatic N) is 1. The van der Waals surface area contributed by atoms with E-state index in [2.05, 4.69) is 9.72 Å². The fraction of sp³-hybridized carbons (Fsp3) is 0.231. The first kappa shape index (κ1) is 13.5. The number of hydrogen-bond donors (Lipinski definition) is 1. The Balaban J connectivity index is 2.04. The number of carbonyl (C=O) groups is 1. The third-order valence-corrected chi connectivity index (χ3v) is 3.52. The lowest BCUT2D eigenvalue weighted by atomic mass is 10.2. The fourth-order valence-corrected chi connectivity index (χ4v) is 2.30. The number of furan rings is 1. The zero-order valence-electron chi connectivity index (χ0n) is 10.7. The highest BCUT2D eigenvalue weighted by Crippen LogP contribution is 2.25. The van der Waals surface area contributed by atoms with E-state index in [1.807, 2.05) is 6.07 Å². The van der Waals surface area contributed by atoms with Crippen molar-refractivity contribution in [3.8, 4) is 0 Å². The molecule has 5 nitrogen and oxygen atoms in total. The Bertz CT molecular complexity index is 578. The molecule has 2 rings (SSSR count). The van der Waals surface area contributed by atoms with Crippen LogP contribution in [0.25, 0.3) is 0 Å². The molecule has 2 heterocycles. The molecule has 6 heteroatoms. The van der Waals surface area contributed by atoms with Gasteiger partial charge in [-0.05, 0) is 25.1 Å². The molecule has 2 aromatic rings. The highest BCUT2D eigenvalue weighted by Gasteiger charge is 2.15. The van der Waals surface area contributed by atoms with Crippen molar-refractivity contribution in [1.29, 1.82) is 0 Å². The maximum atomic E-state index is 11.4. The average molecular weight is 278 g/mol. The summed E-state index contributed by atoms with van der Waals surface area (Å²) in [6, 6.07) is 5.35. The van der Waals surface area contributed by atoms with Crippen LogP contribution in [-0.2, 0) is 10.5 Å². The third-order valence-electron chi connectivity index (χ3n) is 2.51. The highest BCUT2D eigenvalue weighted by molar-refractivity contribution is 7.98. The second kappa shape index (κ2) is 5.79. The first-order valence-electron chi connectivity index (χ1n) is 5.62. The highest BCUT2D eigenvalue weighted by atomic mass is 32.2. The van der Waals surface area contributed by atoms with Crippen LogP contribution in [0.1, 0.15) is 21.9 Å². The van der Waals surface area contributed by atoms with Gasteiger partial charge in [-0.2, -0.15) is 0 Å². The fourth-order valence-electron chi connectivity index (χ4n) is 1.56. The minimum absolute atomic E-state index is 0.383. The number of aryl methyl sites for hydroxylation is 1. The number of rotatable bonds is 4. The van der Waals surface area contributed by atoms with Gasteiger partial charge in [0.15, 0.2) is 0 Å². The number of anilines is 1. The van der Waals surface area contributed by atoms with Crippen molar-refractivity contribution in [3.05, 3.63) is 41.5 Å². The summed E-state index contributed by atoms with van der Waals surface area (Å²) in [4.78, 5) is 16.4. The Morgan fingerprint density at radius 3 is 2.95 bits per heavy atom. The molecule has 0 bridgehead atoms. The molecule has 0 atom stereocenters. The van der Waals surface area contributed by atoms with Crippen LogP contribution in [0.15, 0.2) is 33.7 Å². The van der Waals surface area contributed by atoms with Gasteiger partial charge in [-0.3, -0.25) is 0 Å². The smallest absolute Gasteiger partial charge is 0.341 e. The Morgan fingerprint density at radius 2 is 2.32 bits per heavy atom. The number of nitrogens with two attached hydrogens (primary N) is 1. The second-order valence-electron chi connectivity index (χ2n) is 3.88. The van der Waals surface area contributed by atoms with Gasteiger partial charge in [-0.15, -0.1) is 11.8 Å². The average Bonchev–Trinajstić information content (AvgIpc) is 2.78. The molecule has 0 fully saturated rings. The lowest BCUT2D eigenvalue weighted by Crippen LogP contribution is -2.00. The Morgan fingerprint density at radius 1 is 1.53 bits per heavy atom. The van der Waals surface area contributed by atoms with E-state index in [0.717, 1.165) is 10.7 Å². The van der Waals surface area contributed by atoms with Crippen LogP contribution < -0.4 is 5.73 Å². The molecule has 0 saturated heterocycles. The second-order valence-corrected chi connectivity index (χ2v) is 4.93. The third kappa shape index (κ3) is 3.29. The summed E-state index contributed by atoms with van der Waals surface area (Å²) in [6.45, 7) is 1.74. The van der Waals surface area contributed by atoms with Gasteiger partial charge in [-0.25, -0.2) is 9.78 Å². The first-order valence-corrected chi connectivity index (χ1v) is 6.60. The van der Waals surface area contributed by atoms with Crippen LogP contribution in [0, 0.1) is 6.92 Å². The summed E-state index contributed by atoms with van der Waals surface area (Å²) < 4.78 is 10.2. The summed E-state index contributed by atoms with van der Waals surface area (Å²) in [7, 11) is 1.35. The monoisotopic (exact) mass is 278 g/mol. The number of esters is 1. The number of nitrogen functional groups attached to an aromatic ring is 1. The van der Waals surface area contributed by atoms with Crippen molar-refractivity contribution >= 4 is 23.5 Å². The van der Waals surface area contributed by atoms with Gasteiger partial charge in [0.05, 0.1) is 12.9 Å². The number of carbonyl (C=O) groups excluding carboxylic acids is 1. The number of thioether (sulfide) groups is 1. The van der Waals surface area contributed by atoms with Crippen molar-refractivity contribution < 1.29 is 13.9 Å². The topological polar surface area (TPSA) is 78.4 Å². The standard InChI is InChI=1S/C13H14N2O3S/c1-8-11(13(16)17-2)5-9(18-8)7-19-10-3-4-12(14)15-6-10/h3-6H,7H2,1-2H3,(H2,14,15). The van der Waals surface area contributed by atoms with Crippen LogP contribution in [-0.4, -0.2) is 18.1 Å². The summed E-state index contributed by atoms with van der Waals surface area (Å²) in [5, 5.41) is 0. The molecule has 0 amide bonds. The van der Waals surface area contributed by atoms with Gasteiger partial charge in [0.25, 0.3) is 0 Å². The number of aromatic nitrogens is 1. The van der Waals surface area contributed by atoms with Crippen molar-refractivity contribution in [2.75, 3.05) is 12.8 Å². The lowest BCUT2D eigenvalue weighted by molar-refractivity contribution is 0.0599. The molecular formula is C13H14N2O3S. The van der Waals surface area contributed by atoms with E-state index < -0.39 is 0 Å². The zero-order chi connectivity index (χ0) is 13.8. The molecule has 0 radical (unpaired) electrons. The number of hydrogen-bond acceptors (Lipinski definition) is 6. The maximum Gasteiger partial charge on any atom is 0.341 e. The van der Waals surface area contributed by atoms with Crippen LogP contribution >= 0.6 is 11.8 Å². The van der Waals surface area contributed by atoms with Gasteiger partial charge in [0, 0.05) is 11.1 Å². The minimum atomic E-state index is -0.383. The SMILES string of the molecule is COC(=O)c1cc(CSc2ccc(N)nc2)oc1C. The lowest BCUT2D eigenvalue weighted by Gasteiger charge is -1.99. The molecule has 0 aliphatic heterocycles. The molecular weight excluding hydrogens is 264 g/mol. The summed E-state index contributed by atoms with van der Waals surface area (Å²) in [5.74, 6) is 2.01. The summed E-state index contributed by atoms with van der Waals surface area (Å²) in [5.41, 5.74) is 5.98. The van der Waals surface area contributed by atoms with Gasteiger partial charge >= 0.3 is 5.97 Å². The molecule has 2 aromatic heterocycles. The van der Waals surface area contributed by atoms with E-state index in [1.54, 1.807) is 37.0 Å². The van der Waals surface area contributed by atoms with Crippen LogP contribution in [0.3, 0.4) is 0 Å². The number of ether oxygens (including phenoxy) is 1. The van der Waals surface area contributed by atoms with E-state index in [4.69, 9.17) is 10.2 Å². The number of pyridine rings is 1. The quantitative estimate of drug-likeness (QED) is 0.684. The normalized spacial score (nSPS) is 10.4.